The summed E-state index contributed by atoms with van der Waals surface area (Å²) in [5.41, 5.74) is 2.80. The number of aryl methyl sites for hydroxylation is 2. The van der Waals surface area contributed by atoms with Gasteiger partial charge in [-0.05, 0) is 48.6 Å². The molecular formula is C23H24O5. The Kier molecular flexibility index (Phi) is 5.27. The van der Waals surface area contributed by atoms with Gasteiger partial charge in [0.25, 0.3) is 0 Å². The fraction of sp³-hybridized carbons (Fsp3) is 0.304. The molecule has 0 spiro atoms. The van der Waals surface area contributed by atoms with Crippen molar-refractivity contribution in [1.29, 1.82) is 0 Å². The Morgan fingerprint density at radius 1 is 1.04 bits per heavy atom. The standard InChI is InChI=1S/C23H24O5/c1-14-6-9-19(18(10-14)23(3,4)5)26-13-22(25)27-16-7-8-17-15(2)11-21(24)28-20(17)12-16/h6-12H,13H2,1-5H3. The van der Waals surface area contributed by atoms with Crippen molar-refractivity contribution >= 4 is 16.9 Å². The number of carbonyl (C=O) groups is 1. The summed E-state index contributed by atoms with van der Waals surface area (Å²) < 4.78 is 16.3. The normalized spacial score (nSPS) is 11.5. The van der Waals surface area contributed by atoms with E-state index < -0.39 is 11.6 Å². The van der Waals surface area contributed by atoms with Gasteiger partial charge >= 0.3 is 11.6 Å². The fourth-order valence-corrected chi connectivity index (χ4v) is 3.02. The zero-order chi connectivity index (χ0) is 20.5. The zero-order valence-electron chi connectivity index (χ0n) is 16.8. The lowest BCUT2D eigenvalue weighted by atomic mass is 9.85. The van der Waals surface area contributed by atoms with E-state index in [1.807, 2.05) is 26.0 Å². The number of rotatable bonds is 4. The molecule has 0 fully saturated rings. The van der Waals surface area contributed by atoms with E-state index in [0.717, 1.165) is 22.1 Å². The fourth-order valence-electron chi connectivity index (χ4n) is 3.02. The highest BCUT2D eigenvalue weighted by Crippen LogP contribution is 2.32. The number of esters is 1. The quantitative estimate of drug-likeness (QED) is 0.373. The van der Waals surface area contributed by atoms with E-state index in [2.05, 4.69) is 26.8 Å². The van der Waals surface area contributed by atoms with E-state index >= 15 is 0 Å². The number of ether oxygens (including phenoxy) is 2. The van der Waals surface area contributed by atoms with Gasteiger partial charge in [0.15, 0.2) is 6.61 Å². The van der Waals surface area contributed by atoms with E-state index in [0.29, 0.717) is 17.1 Å². The highest BCUT2D eigenvalue weighted by Gasteiger charge is 2.20. The van der Waals surface area contributed by atoms with Crippen LogP contribution in [0.5, 0.6) is 11.5 Å². The van der Waals surface area contributed by atoms with Gasteiger partial charge in [0, 0.05) is 17.5 Å². The van der Waals surface area contributed by atoms with Crippen molar-refractivity contribution in [1.82, 2.24) is 0 Å². The molecule has 3 aromatic rings. The molecular weight excluding hydrogens is 356 g/mol. The van der Waals surface area contributed by atoms with Crippen LogP contribution in [0.15, 0.2) is 51.7 Å². The largest absolute Gasteiger partial charge is 0.482 e. The Bertz CT molecular complexity index is 1090. The molecule has 0 saturated heterocycles. The maximum absolute atomic E-state index is 12.2. The molecule has 0 atom stereocenters. The second-order valence-electron chi connectivity index (χ2n) is 7.92. The van der Waals surface area contributed by atoms with Crippen LogP contribution in [0.3, 0.4) is 0 Å². The van der Waals surface area contributed by atoms with Crippen molar-refractivity contribution in [3.63, 3.8) is 0 Å². The molecule has 28 heavy (non-hydrogen) atoms. The van der Waals surface area contributed by atoms with Gasteiger partial charge in [0.05, 0.1) is 0 Å². The van der Waals surface area contributed by atoms with Gasteiger partial charge in [-0.1, -0.05) is 38.5 Å². The lowest BCUT2D eigenvalue weighted by Crippen LogP contribution is -2.20. The summed E-state index contributed by atoms with van der Waals surface area (Å²) in [6.07, 6.45) is 0. The van der Waals surface area contributed by atoms with Crippen LogP contribution < -0.4 is 15.1 Å². The first kappa shape index (κ1) is 19.7. The van der Waals surface area contributed by atoms with Crippen molar-refractivity contribution < 1.29 is 18.7 Å². The summed E-state index contributed by atoms with van der Waals surface area (Å²) in [6.45, 7) is 9.91. The number of carbonyl (C=O) groups excluding carboxylic acids is 1. The van der Waals surface area contributed by atoms with Crippen LogP contribution in [0.25, 0.3) is 11.0 Å². The van der Waals surface area contributed by atoms with E-state index in [1.165, 1.54) is 12.1 Å². The molecule has 0 N–H and O–H groups in total. The first-order valence-electron chi connectivity index (χ1n) is 9.12. The molecule has 0 bridgehead atoms. The Morgan fingerprint density at radius 2 is 1.79 bits per heavy atom. The third-order valence-electron chi connectivity index (χ3n) is 4.44. The van der Waals surface area contributed by atoms with Crippen molar-refractivity contribution in [2.24, 2.45) is 0 Å². The van der Waals surface area contributed by atoms with E-state index in [4.69, 9.17) is 13.9 Å². The lowest BCUT2D eigenvalue weighted by Gasteiger charge is -2.23. The Labute approximate surface area is 163 Å². The molecule has 0 aliphatic carbocycles. The minimum atomic E-state index is -0.533. The summed E-state index contributed by atoms with van der Waals surface area (Å²) in [6, 6.07) is 12.3. The maximum Gasteiger partial charge on any atom is 0.349 e. The molecule has 3 rings (SSSR count). The van der Waals surface area contributed by atoms with E-state index in [9.17, 15) is 9.59 Å². The summed E-state index contributed by atoms with van der Waals surface area (Å²) in [5.74, 6) is 0.430. The van der Waals surface area contributed by atoms with Crippen LogP contribution >= 0.6 is 0 Å². The Hall–Kier alpha value is -3.08. The topological polar surface area (TPSA) is 65.7 Å². The molecule has 0 saturated carbocycles. The van der Waals surface area contributed by atoms with Crippen LogP contribution in [0, 0.1) is 13.8 Å². The van der Waals surface area contributed by atoms with Crippen molar-refractivity contribution in [2.75, 3.05) is 6.61 Å². The predicted octanol–water partition coefficient (Wildman–Crippen LogP) is 4.69. The summed E-state index contributed by atoms with van der Waals surface area (Å²) in [7, 11) is 0. The highest BCUT2D eigenvalue weighted by atomic mass is 16.6. The van der Waals surface area contributed by atoms with Crippen LogP contribution in [0.4, 0.5) is 0 Å². The van der Waals surface area contributed by atoms with Crippen molar-refractivity contribution in [3.8, 4) is 11.5 Å². The van der Waals surface area contributed by atoms with Crippen LogP contribution in [0.2, 0.25) is 0 Å². The molecule has 146 valence electrons. The van der Waals surface area contributed by atoms with Crippen LogP contribution in [-0.4, -0.2) is 12.6 Å². The zero-order valence-corrected chi connectivity index (χ0v) is 16.8. The van der Waals surface area contributed by atoms with Gasteiger partial charge in [-0.25, -0.2) is 9.59 Å². The first-order valence-corrected chi connectivity index (χ1v) is 9.12. The molecule has 5 nitrogen and oxygen atoms in total. The van der Waals surface area contributed by atoms with Crippen LogP contribution in [0.1, 0.15) is 37.5 Å². The van der Waals surface area contributed by atoms with E-state index in [-0.39, 0.29) is 12.0 Å². The molecule has 0 amide bonds. The third kappa shape index (κ3) is 4.42. The predicted molar refractivity (Wildman–Crippen MR) is 108 cm³/mol. The SMILES string of the molecule is Cc1ccc(OCC(=O)Oc2ccc3c(C)cc(=O)oc3c2)c(C(C)(C)C)c1. The van der Waals surface area contributed by atoms with Gasteiger partial charge in [-0.15, -0.1) is 0 Å². The van der Waals surface area contributed by atoms with Gasteiger partial charge in [0.2, 0.25) is 0 Å². The Morgan fingerprint density at radius 3 is 2.50 bits per heavy atom. The average molecular weight is 380 g/mol. The molecule has 1 aromatic heterocycles. The number of hydrogen-bond donors (Lipinski definition) is 0. The van der Waals surface area contributed by atoms with Gasteiger partial charge < -0.3 is 13.9 Å². The average Bonchev–Trinajstić information content (AvgIpc) is 2.59. The molecule has 0 unspecified atom stereocenters. The van der Waals surface area contributed by atoms with Gasteiger partial charge in [0.1, 0.15) is 17.1 Å². The molecule has 5 heteroatoms. The monoisotopic (exact) mass is 380 g/mol. The van der Waals surface area contributed by atoms with E-state index in [1.54, 1.807) is 12.1 Å². The third-order valence-corrected chi connectivity index (χ3v) is 4.44. The minimum Gasteiger partial charge on any atom is -0.482 e. The summed E-state index contributed by atoms with van der Waals surface area (Å²) >= 11 is 0. The second-order valence-corrected chi connectivity index (χ2v) is 7.92. The van der Waals surface area contributed by atoms with Crippen LogP contribution in [-0.2, 0) is 10.2 Å². The number of benzene rings is 2. The smallest absolute Gasteiger partial charge is 0.349 e. The summed E-state index contributed by atoms with van der Waals surface area (Å²) in [5, 5.41) is 0.796. The summed E-state index contributed by atoms with van der Waals surface area (Å²) in [4.78, 5) is 23.8. The lowest BCUT2D eigenvalue weighted by molar-refractivity contribution is -0.136. The molecule has 1 heterocycles. The van der Waals surface area contributed by atoms with Crippen molar-refractivity contribution in [3.05, 3.63) is 69.6 Å². The number of fused-ring (bicyclic) bond motifs is 1. The maximum atomic E-state index is 12.2. The van der Waals surface area contributed by atoms with Gasteiger partial charge in [-0.3, -0.25) is 0 Å². The molecule has 0 aliphatic rings. The molecule has 2 aromatic carbocycles. The second kappa shape index (κ2) is 7.50. The first-order chi connectivity index (χ1) is 13.1. The minimum absolute atomic E-state index is 0.112. The Balaban J connectivity index is 1.73. The molecule has 0 aliphatic heterocycles. The molecule has 0 radical (unpaired) electrons. The van der Waals surface area contributed by atoms with Crippen molar-refractivity contribution in [2.45, 2.75) is 40.0 Å². The number of hydrogen-bond acceptors (Lipinski definition) is 5. The highest BCUT2D eigenvalue weighted by molar-refractivity contribution is 5.82. The van der Waals surface area contributed by atoms with Gasteiger partial charge in [-0.2, -0.15) is 0 Å².